The summed E-state index contributed by atoms with van der Waals surface area (Å²) < 4.78 is 6.47. The molecule has 0 saturated heterocycles. The van der Waals surface area contributed by atoms with Crippen LogP contribution >= 0.6 is 0 Å². The van der Waals surface area contributed by atoms with Crippen LogP contribution in [-0.2, 0) is 9.47 Å². The van der Waals surface area contributed by atoms with Crippen LogP contribution in [-0.4, -0.2) is 34.2 Å². The maximum absolute atomic E-state index is 9.86. The summed E-state index contributed by atoms with van der Waals surface area (Å²) in [4.78, 5) is 28.8. The first-order chi connectivity index (χ1) is 4.52. The second-order valence-corrected chi connectivity index (χ2v) is 0.986. The molecule has 4 N–H and O–H groups in total. The van der Waals surface area contributed by atoms with Crippen LogP contribution in [0.15, 0.2) is 0 Å². The summed E-state index contributed by atoms with van der Waals surface area (Å²) in [6.45, 7) is 0. The largest absolute Gasteiger partial charge is 1.00 e. The van der Waals surface area contributed by atoms with Crippen molar-refractivity contribution in [2.45, 2.75) is 0 Å². The van der Waals surface area contributed by atoms with Gasteiger partial charge in [0.1, 0.15) is 0 Å². The smallest absolute Gasteiger partial charge is 1.00 e. The fourth-order valence-electron chi connectivity index (χ4n) is 0.163. The molecule has 15 heavy (non-hydrogen) atoms. The monoisotopic (exact) mass is 264 g/mol. The predicted octanol–water partition coefficient (Wildman–Crippen LogP) is -11.9. The molecule has 8 nitrogen and oxygen atoms in total. The van der Waals surface area contributed by atoms with Gasteiger partial charge in [0.2, 0.25) is 0 Å². The van der Waals surface area contributed by atoms with Crippen molar-refractivity contribution in [1.29, 1.82) is 0 Å². The minimum absolute atomic E-state index is 0. The van der Waals surface area contributed by atoms with Gasteiger partial charge in [0.05, 0.1) is 0 Å². The first-order valence-electron chi connectivity index (χ1n) is 1.88. The Morgan fingerprint density at radius 2 is 1.00 bits per heavy atom. The van der Waals surface area contributed by atoms with Gasteiger partial charge in [0.25, 0.3) is 0 Å². The van der Waals surface area contributed by atoms with E-state index >= 15 is 0 Å². The average Bonchev–Trinajstić information content (AvgIpc) is 1.58. The van der Waals surface area contributed by atoms with Gasteiger partial charge < -0.3 is 30.9 Å². The van der Waals surface area contributed by atoms with Crippen LogP contribution in [0.25, 0.3) is 0 Å². The number of carbonyl (C=O) groups excluding carboxylic acids is 1. The summed E-state index contributed by atoms with van der Waals surface area (Å²) in [5, 5.41) is 15.4. The van der Waals surface area contributed by atoms with Gasteiger partial charge in [-0.1, -0.05) is 0 Å². The van der Waals surface area contributed by atoms with E-state index in [2.05, 4.69) is 9.47 Å². The van der Waals surface area contributed by atoms with Crippen molar-refractivity contribution in [2.75, 3.05) is 0 Å². The van der Waals surface area contributed by atoms with Crippen molar-refractivity contribution in [3.05, 3.63) is 0 Å². The third-order valence-electron chi connectivity index (χ3n) is 0.341. The Morgan fingerprint density at radius 3 is 1.13 bits per heavy atom. The number of hydrogen-bond acceptors (Lipinski definition) is 5. The minimum atomic E-state index is -1.92. The van der Waals surface area contributed by atoms with E-state index in [-0.39, 0.29) is 129 Å². The van der Waals surface area contributed by atoms with E-state index in [1.54, 1.807) is 0 Å². The van der Waals surface area contributed by atoms with Crippen LogP contribution in [0.1, 0.15) is 5.71 Å². The van der Waals surface area contributed by atoms with Crippen LogP contribution in [0.3, 0.4) is 0 Å². The average molecular weight is 264 g/mol. The molecule has 0 rings (SSSR count). The van der Waals surface area contributed by atoms with Crippen molar-refractivity contribution in [3.63, 3.8) is 0 Å². The molecule has 12 heteroatoms. The summed E-state index contributed by atoms with van der Waals surface area (Å²) >= 11 is 0. The Bertz CT molecular complexity index is 179. The second-order valence-electron chi connectivity index (χ2n) is 0.986. The van der Waals surface area contributed by atoms with E-state index in [0.29, 0.717) is 0 Å². The van der Waals surface area contributed by atoms with Gasteiger partial charge in [-0.05, 0) is 0 Å². The molecule has 0 aromatic heterocycles. The van der Waals surface area contributed by atoms with E-state index < -0.39 is 18.5 Å². The molecule has 0 aliphatic rings. The van der Waals surface area contributed by atoms with Crippen molar-refractivity contribution in [3.8, 4) is 0 Å². The Kier molecular flexibility index (Phi) is 51.5. The quantitative estimate of drug-likeness (QED) is 0.251. The molecule has 0 amide bonds. The molecule has 0 saturated carbocycles. The van der Waals surface area contributed by atoms with E-state index in [4.69, 9.17) is 10.2 Å². The predicted molar refractivity (Wildman–Crippen MR) is 31.7 cm³/mol. The Morgan fingerprint density at radius 1 is 0.800 bits per heavy atom. The first-order valence-corrected chi connectivity index (χ1v) is 1.88. The molecular formula is C3H8Na4O8. The maximum atomic E-state index is 9.86. The molecule has 0 unspecified atom stereocenters. The summed E-state index contributed by atoms with van der Waals surface area (Å²) in [6, 6.07) is 0. The standard InChI is InChI=1S/C3H2O7.4Na.H2O.4H/c4-1(5)9-3(8)10-2(6)7;;;;;;;;;/h(H,4,5)(H,6,7);;;;;1H2;;;;/q;4*+1;;4*-1. The zero-order chi connectivity index (χ0) is 8.15. The first kappa shape index (κ1) is 36.0. The molecule has 0 aliphatic carbocycles. The Labute approximate surface area is 179 Å². The fraction of sp³-hybridized carbons (Fsp3) is 0. The van der Waals surface area contributed by atoms with Gasteiger partial charge in [0.15, 0.2) is 0 Å². The molecule has 0 bridgehead atoms. The van der Waals surface area contributed by atoms with Gasteiger partial charge in [-0.3, -0.25) is 0 Å². The molecule has 0 atom stereocenters. The van der Waals surface area contributed by atoms with E-state index in [0.717, 1.165) is 0 Å². The Hall–Kier alpha value is 2.17. The molecule has 0 heterocycles. The third-order valence-corrected chi connectivity index (χ3v) is 0.341. The molecule has 0 aromatic carbocycles. The zero-order valence-electron chi connectivity index (χ0n) is 12.9. The van der Waals surface area contributed by atoms with Gasteiger partial charge >= 0.3 is 137 Å². The topological polar surface area (TPSA) is 142 Å². The summed E-state index contributed by atoms with van der Waals surface area (Å²) in [6.07, 6.45) is -5.64. The van der Waals surface area contributed by atoms with E-state index in [1.807, 2.05) is 0 Å². The number of carboxylic acid groups (broad SMARTS) is 2. The fourth-order valence-corrected chi connectivity index (χ4v) is 0.163. The van der Waals surface area contributed by atoms with Crippen molar-refractivity contribution < 1.29 is 163 Å². The van der Waals surface area contributed by atoms with Crippen LogP contribution < -0.4 is 118 Å². The molecule has 0 spiro atoms. The second kappa shape index (κ2) is 21.5. The minimum Gasteiger partial charge on any atom is -1.00 e. The van der Waals surface area contributed by atoms with Gasteiger partial charge in [-0.25, -0.2) is 14.4 Å². The van der Waals surface area contributed by atoms with Crippen molar-refractivity contribution >= 4 is 18.5 Å². The summed E-state index contributed by atoms with van der Waals surface area (Å²) in [7, 11) is 0. The maximum Gasteiger partial charge on any atom is 1.00 e. The van der Waals surface area contributed by atoms with Crippen molar-refractivity contribution in [1.82, 2.24) is 0 Å². The number of carbonyl (C=O) groups is 3. The Balaban J connectivity index is -0.0000000112. The third kappa shape index (κ3) is 31.4. The van der Waals surface area contributed by atoms with Crippen LogP contribution in [0, 0.1) is 0 Å². The summed E-state index contributed by atoms with van der Waals surface area (Å²) in [5.41, 5.74) is 0. The molecule has 0 fully saturated rings. The zero-order valence-corrected chi connectivity index (χ0v) is 16.9. The SMILES string of the molecule is O.O=C(O)OC(=O)OC(=O)O.[H-].[H-].[H-].[H-].[Na+].[Na+].[Na+].[Na+]. The van der Waals surface area contributed by atoms with E-state index in [9.17, 15) is 14.4 Å². The molecular weight excluding hydrogens is 256 g/mol. The van der Waals surface area contributed by atoms with Gasteiger partial charge in [0, 0.05) is 0 Å². The number of hydrogen-bond donors (Lipinski definition) is 2. The van der Waals surface area contributed by atoms with Crippen LogP contribution in [0.5, 0.6) is 0 Å². The van der Waals surface area contributed by atoms with Crippen LogP contribution in [0.2, 0.25) is 0 Å². The molecule has 0 radical (unpaired) electrons. The van der Waals surface area contributed by atoms with Gasteiger partial charge in [-0.2, -0.15) is 0 Å². The normalized spacial score (nSPS) is 5.33. The molecule has 0 aliphatic heterocycles. The number of rotatable bonds is 0. The molecule has 72 valence electrons. The van der Waals surface area contributed by atoms with Crippen molar-refractivity contribution in [2.24, 2.45) is 0 Å². The number of ether oxygens (including phenoxy) is 2. The van der Waals surface area contributed by atoms with Crippen LogP contribution in [0.4, 0.5) is 14.4 Å². The van der Waals surface area contributed by atoms with Gasteiger partial charge in [-0.15, -0.1) is 0 Å². The summed E-state index contributed by atoms with van der Waals surface area (Å²) in [5.74, 6) is 0. The van der Waals surface area contributed by atoms with E-state index in [1.165, 1.54) is 0 Å². The molecule has 0 aromatic rings.